The minimum atomic E-state index is -1.00. The lowest BCUT2D eigenvalue weighted by Crippen LogP contribution is -2.48. The van der Waals surface area contributed by atoms with Gasteiger partial charge < -0.3 is 14.9 Å². The molecule has 0 aliphatic carbocycles. The SMILES string of the molecule is Cc1ccc(O)c(CN[C@H](C(=O)O)[C@@H](C)OC(C)(C)C)n1. The van der Waals surface area contributed by atoms with E-state index in [1.807, 2.05) is 27.7 Å². The molecule has 6 nitrogen and oxygen atoms in total. The molecule has 0 saturated heterocycles. The number of carboxylic acid groups (broad SMARTS) is 1. The van der Waals surface area contributed by atoms with Crippen molar-refractivity contribution in [1.29, 1.82) is 0 Å². The number of carboxylic acids is 1. The summed E-state index contributed by atoms with van der Waals surface area (Å²) >= 11 is 0. The van der Waals surface area contributed by atoms with Gasteiger partial charge in [0.25, 0.3) is 0 Å². The topological polar surface area (TPSA) is 91.7 Å². The summed E-state index contributed by atoms with van der Waals surface area (Å²) in [5, 5.41) is 21.9. The molecule has 1 rings (SSSR count). The summed E-state index contributed by atoms with van der Waals surface area (Å²) in [6.07, 6.45) is -0.519. The van der Waals surface area contributed by atoms with Crippen molar-refractivity contribution in [1.82, 2.24) is 10.3 Å². The van der Waals surface area contributed by atoms with Crippen LogP contribution in [0.15, 0.2) is 12.1 Å². The average molecular weight is 296 g/mol. The highest BCUT2D eigenvalue weighted by atomic mass is 16.5. The number of aliphatic carboxylic acids is 1. The Balaban J connectivity index is 2.75. The van der Waals surface area contributed by atoms with Crippen LogP contribution in [0.1, 0.15) is 39.1 Å². The summed E-state index contributed by atoms with van der Waals surface area (Å²) in [7, 11) is 0. The van der Waals surface area contributed by atoms with E-state index in [0.29, 0.717) is 5.69 Å². The van der Waals surface area contributed by atoms with Gasteiger partial charge in [0.15, 0.2) is 0 Å². The molecule has 0 amide bonds. The van der Waals surface area contributed by atoms with Crippen LogP contribution in [0.4, 0.5) is 0 Å². The highest BCUT2D eigenvalue weighted by Gasteiger charge is 2.28. The molecule has 0 spiro atoms. The molecule has 0 radical (unpaired) electrons. The molecule has 0 aliphatic heterocycles. The van der Waals surface area contributed by atoms with E-state index in [2.05, 4.69) is 10.3 Å². The number of hydrogen-bond donors (Lipinski definition) is 3. The number of aryl methyl sites for hydroxylation is 1. The lowest BCUT2D eigenvalue weighted by molar-refractivity contribution is -0.147. The standard InChI is InChI=1S/C15H24N2O4/c1-9-6-7-12(18)11(17-9)8-16-13(14(19)20)10(2)21-15(3,4)5/h6-7,10,13,16,18H,8H2,1-5H3,(H,19,20)/t10-,13+/m1/s1. The first kappa shape index (κ1) is 17.4. The van der Waals surface area contributed by atoms with Crippen molar-refractivity contribution in [3.8, 4) is 5.75 Å². The maximum atomic E-state index is 11.4. The second kappa shape index (κ2) is 6.87. The Bertz CT molecular complexity index is 497. The second-order valence-electron chi connectivity index (χ2n) is 6.05. The lowest BCUT2D eigenvalue weighted by atomic mass is 10.1. The molecule has 0 aliphatic rings. The van der Waals surface area contributed by atoms with E-state index in [1.54, 1.807) is 19.1 Å². The number of nitrogens with zero attached hydrogens (tertiary/aromatic N) is 1. The van der Waals surface area contributed by atoms with Gasteiger partial charge >= 0.3 is 5.97 Å². The third-order valence-corrected chi connectivity index (χ3v) is 2.85. The minimum absolute atomic E-state index is 0.0432. The van der Waals surface area contributed by atoms with E-state index in [9.17, 15) is 15.0 Å². The van der Waals surface area contributed by atoms with Crippen LogP contribution in [-0.2, 0) is 16.1 Å². The van der Waals surface area contributed by atoms with Gasteiger partial charge in [-0.1, -0.05) is 0 Å². The molecular formula is C15H24N2O4. The number of carbonyl (C=O) groups is 1. The van der Waals surface area contributed by atoms with Crippen molar-refractivity contribution in [2.24, 2.45) is 0 Å². The molecule has 0 unspecified atom stereocenters. The van der Waals surface area contributed by atoms with E-state index in [-0.39, 0.29) is 12.3 Å². The zero-order chi connectivity index (χ0) is 16.2. The van der Waals surface area contributed by atoms with Crippen LogP contribution in [-0.4, -0.2) is 38.9 Å². The first-order valence-electron chi connectivity index (χ1n) is 6.89. The van der Waals surface area contributed by atoms with Crippen molar-refractivity contribution in [2.45, 2.75) is 58.9 Å². The number of aromatic nitrogens is 1. The van der Waals surface area contributed by atoms with Gasteiger partial charge in [-0.2, -0.15) is 0 Å². The molecule has 1 aromatic heterocycles. The first-order chi connectivity index (χ1) is 9.60. The Hall–Kier alpha value is -1.66. The number of aromatic hydroxyl groups is 1. The van der Waals surface area contributed by atoms with Gasteiger partial charge in [-0.3, -0.25) is 15.1 Å². The van der Waals surface area contributed by atoms with Gasteiger partial charge in [-0.25, -0.2) is 0 Å². The number of ether oxygens (including phenoxy) is 1. The van der Waals surface area contributed by atoms with E-state index < -0.39 is 23.7 Å². The van der Waals surface area contributed by atoms with Gasteiger partial charge in [0.2, 0.25) is 0 Å². The summed E-state index contributed by atoms with van der Waals surface area (Å²) < 4.78 is 5.68. The van der Waals surface area contributed by atoms with Gasteiger partial charge in [0, 0.05) is 12.2 Å². The number of nitrogens with one attached hydrogen (secondary N) is 1. The molecule has 6 heteroatoms. The summed E-state index contributed by atoms with van der Waals surface area (Å²) in [6.45, 7) is 9.29. The highest BCUT2D eigenvalue weighted by Crippen LogP contribution is 2.16. The van der Waals surface area contributed by atoms with Crippen LogP contribution < -0.4 is 5.32 Å². The third-order valence-electron chi connectivity index (χ3n) is 2.85. The van der Waals surface area contributed by atoms with Crippen molar-refractivity contribution < 1.29 is 19.7 Å². The molecule has 0 fully saturated rings. The molecule has 118 valence electrons. The Morgan fingerprint density at radius 2 is 2.05 bits per heavy atom. The lowest BCUT2D eigenvalue weighted by Gasteiger charge is -2.29. The fourth-order valence-electron chi connectivity index (χ4n) is 2.02. The van der Waals surface area contributed by atoms with Crippen LogP contribution in [0, 0.1) is 6.92 Å². The van der Waals surface area contributed by atoms with Gasteiger partial charge in [-0.15, -0.1) is 0 Å². The van der Waals surface area contributed by atoms with E-state index in [4.69, 9.17) is 4.74 Å². The van der Waals surface area contributed by atoms with Crippen molar-refractivity contribution in [3.63, 3.8) is 0 Å². The number of hydrogen-bond acceptors (Lipinski definition) is 5. The number of pyridine rings is 1. The monoisotopic (exact) mass is 296 g/mol. The van der Waals surface area contributed by atoms with E-state index >= 15 is 0 Å². The Morgan fingerprint density at radius 3 is 2.57 bits per heavy atom. The first-order valence-corrected chi connectivity index (χ1v) is 6.89. The maximum Gasteiger partial charge on any atom is 0.323 e. The quantitative estimate of drug-likeness (QED) is 0.742. The normalized spacial score (nSPS) is 14.7. The van der Waals surface area contributed by atoms with Crippen LogP contribution in [0.2, 0.25) is 0 Å². The molecule has 1 heterocycles. The molecular weight excluding hydrogens is 272 g/mol. The van der Waals surface area contributed by atoms with E-state index in [0.717, 1.165) is 5.69 Å². The summed E-state index contributed by atoms with van der Waals surface area (Å²) in [4.78, 5) is 15.6. The maximum absolute atomic E-state index is 11.4. The Labute approximate surface area is 125 Å². The summed E-state index contributed by atoms with van der Waals surface area (Å²) in [5.74, 6) is -0.958. The second-order valence-corrected chi connectivity index (χ2v) is 6.05. The average Bonchev–Trinajstić information content (AvgIpc) is 2.31. The van der Waals surface area contributed by atoms with Gasteiger partial charge in [-0.05, 0) is 46.8 Å². The minimum Gasteiger partial charge on any atom is -0.506 e. The van der Waals surface area contributed by atoms with Crippen LogP contribution in [0.3, 0.4) is 0 Å². The molecule has 2 atom stereocenters. The molecule has 0 bridgehead atoms. The fraction of sp³-hybridized carbons (Fsp3) is 0.600. The van der Waals surface area contributed by atoms with Crippen molar-refractivity contribution in [2.75, 3.05) is 0 Å². The predicted molar refractivity (Wildman–Crippen MR) is 79.2 cm³/mol. The van der Waals surface area contributed by atoms with Gasteiger partial charge in [0.05, 0.1) is 17.4 Å². The zero-order valence-electron chi connectivity index (χ0n) is 13.2. The zero-order valence-corrected chi connectivity index (χ0v) is 13.2. The van der Waals surface area contributed by atoms with Crippen LogP contribution in [0.25, 0.3) is 0 Å². The third kappa shape index (κ3) is 5.69. The molecule has 21 heavy (non-hydrogen) atoms. The Morgan fingerprint density at radius 1 is 1.43 bits per heavy atom. The Kier molecular flexibility index (Phi) is 5.69. The summed E-state index contributed by atoms with van der Waals surface area (Å²) in [6, 6.07) is 2.36. The van der Waals surface area contributed by atoms with Crippen LogP contribution >= 0.6 is 0 Å². The highest BCUT2D eigenvalue weighted by molar-refractivity contribution is 5.74. The smallest absolute Gasteiger partial charge is 0.323 e. The fourth-order valence-corrected chi connectivity index (χ4v) is 2.02. The molecule has 3 N–H and O–H groups in total. The molecule has 0 saturated carbocycles. The van der Waals surface area contributed by atoms with Crippen molar-refractivity contribution >= 4 is 5.97 Å². The number of rotatable bonds is 6. The largest absolute Gasteiger partial charge is 0.506 e. The predicted octanol–water partition coefficient (Wildman–Crippen LogP) is 1.84. The van der Waals surface area contributed by atoms with Crippen molar-refractivity contribution in [3.05, 3.63) is 23.5 Å². The molecule has 1 aromatic rings. The van der Waals surface area contributed by atoms with Crippen LogP contribution in [0.5, 0.6) is 5.75 Å². The van der Waals surface area contributed by atoms with E-state index in [1.165, 1.54) is 0 Å². The molecule has 0 aromatic carbocycles. The summed E-state index contributed by atoms with van der Waals surface area (Å²) in [5.41, 5.74) is 0.748. The van der Waals surface area contributed by atoms with Gasteiger partial charge in [0.1, 0.15) is 11.8 Å².